The summed E-state index contributed by atoms with van der Waals surface area (Å²) in [4.78, 5) is 2.10. The molecule has 2 heteroatoms. The largest absolute Gasteiger partial charge is 0.308 e. The lowest BCUT2D eigenvalue weighted by Gasteiger charge is -2.16. The van der Waals surface area contributed by atoms with Crippen LogP contribution < -0.4 is 0 Å². The summed E-state index contributed by atoms with van der Waals surface area (Å²) in [5.41, 5.74) is 2.50. The minimum atomic E-state index is 0.0937. The van der Waals surface area contributed by atoms with Gasteiger partial charge in [-0.2, -0.15) is 0 Å². The van der Waals surface area contributed by atoms with Gasteiger partial charge in [-0.1, -0.05) is 24.3 Å². The van der Waals surface area contributed by atoms with E-state index in [0.29, 0.717) is 0 Å². The first-order valence-electron chi connectivity index (χ1n) is 4.45. The summed E-state index contributed by atoms with van der Waals surface area (Å²) in [7, 11) is 4.07. The van der Waals surface area contributed by atoms with Crippen molar-refractivity contribution in [1.29, 1.82) is 0 Å². The minimum Gasteiger partial charge on any atom is -0.308 e. The van der Waals surface area contributed by atoms with Crippen molar-refractivity contribution in [3.63, 3.8) is 0 Å². The van der Waals surface area contributed by atoms with Crippen molar-refractivity contribution < 1.29 is 0 Å². The SMILES string of the molecule is Cc1ccccc1[C@@H](Cl)CN(C)C. The lowest BCUT2D eigenvalue weighted by atomic mass is 10.1. The van der Waals surface area contributed by atoms with Crippen LogP contribution >= 0.6 is 11.6 Å². The third kappa shape index (κ3) is 3.02. The Kier molecular flexibility index (Phi) is 3.76. The van der Waals surface area contributed by atoms with E-state index in [-0.39, 0.29) is 5.38 Å². The Bertz CT molecular complexity index is 271. The number of hydrogen-bond donors (Lipinski definition) is 0. The lowest BCUT2D eigenvalue weighted by Crippen LogP contribution is -2.17. The number of aryl methyl sites for hydroxylation is 1. The van der Waals surface area contributed by atoms with Gasteiger partial charge in [-0.15, -0.1) is 11.6 Å². The Morgan fingerprint density at radius 2 is 1.92 bits per heavy atom. The van der Waals surface area contributed by atoms with Crippen molar-refractivity contribution in [3.8, 4) is 0 Å². The van der Waals surface area contributed by atoms with Crippen LogP contribution in [0.15, 0.2) is 24.3 Å². The fourth-order valence-electron chi connectivity index (χ4n) is 1.36. The van der Waals surface area contributed by atoms with Gasteiger partial charge in [-0.25, -0.2) is 0 Å². The highest BCUT2D eigenvalue weighted by molar-refractivity contribution is 6.21. The molecule has 0 heterocycles. The highest BCUT2D eigenvalue weighted by Crippen LogP contribution is 2.23. The molecule has 0 aliphatic heterocycles. The van der Waals surface area contributed by atoms with E-state index in [1.54, 1.807) is 0 Å². The number of hydrogen-bond acceptors (Lipinski definition) is 1. The molecular weight excluding hydrogens is 182 g/mol. The van der Waals surface area contributed by atoms with Crippen molar-refractivity contribution in [2.45, 2.75) is 12.3 Å². The monoisotopic (exact) mass is 197 g/mol. The Morgan fingerprint density at radius 3 is 2.46 bits per heavy atom. The standard InChI is InChI=1S/C11H16ClN/c1-9-6-4-5-7-10(9)11(12)8-13(2)3/h4-7,11H,8H2,1-3H3/t11-/m0/s1. The zero-order chi connectivity index (χ0) is 9.84. The van der Waals surface area contributed by atoms with Gasteiger partial charge >= 0.3 is 0 Å². The Hall–Kier alpha value is -0.530. The molecule has 0 saturated heterocycles. The van der Waals surface area contributed by atoms with Crippen molar-refractivity contribution in [3.05, 3.63) is 35.4 Å². The Morgan fingerprint density at radius 1 is 1.31 bits per heavy atom. The third-order valence-electron chi connectivity index (χ3n) is 2.05. The highest BCUT2D eigenvalue weighted by atomic mass is 35.5. The highest BCUT2D eigenvalue weighted by Gasteiger charge is 2.10. The summed E-state index contributed by atoms with van der Waals surface area (Å²) in [6, 6.07) is 8.27. The van der Waals surface area contributed by atoms with Crippen LogP contribution in [-0.2, 0) is 0 Å². The van der Waals surface area contributed by atoms with E-state index < -0.39 is 0 Å². The average molecular weight is 198 g/mol. The summed E-state index contributed by atoms with van der Waals surface area (Å²) in [6.45, 7) is 2.98. The molecule has 0 amide bonds. The van der Waals surface area contributed by atoms with E-state index in [1.807, 2.05) is 26.2 Å². The van der Waals surface area contributed by atoms with Gasteiger partial charge < -0.3 is 4.90 Å². The van der Waals surface area contributed by atoms with E-state index in [1.165, 1.54) is 11.1 Å². The Balaban J connectivity index is 2.76. The third-order valence-corrected chi connectivity index (χ3v) is 2.42. The van der Waals surface area contributed by atoms with Gasteiger partial charge in [-0.05, 0) is 32.1 Å². The molecule has 1 atom stereocenters. The molecule has 0 aromatic heterocycles. The van der Waals surface area contributed by atoms with Crippen LogP contribution in [0.2, 0.25) is 0 Å². The smallest absolute Gasteiger partial charge is 0.0714 e. The molecule has 0 radical (unpaired) electrons. The molecule has 1 aromatic rings. The van der Waals surface area contributed by atoms with Gasteiger partial charge in [0.2, 0.25) is 0 Å². The number of rotatable bonds is 3. The van der Waals surface area contributed by atoms with Gasteiger partial charge in [0, 0.05) is 6.54 Å². The summed E-state index contributed by atoms with van der Waals surface area (Å²) >= 11 is 6.26. The molecular formula is C11H16ClN. The maximum Gasteiger partial charge on any atom is 0.0714 e. The molecule has 0 spiro atoms. The molecule has 0 saturated carbocycles. The van der Waals surface area contributed by atoms with Crippen LogP contribution in [0.1, 0.15) is 16.5 Å². The quantitative estimate of drug-likeness (QED) is 0.674. The predicted octanol–water partition coefficient (Wildman–Crippen LogP) is 2.84. The summed E-state index contributed by atoms with van der Waals surface area (Å²) in [5, 5.41) is 0.0937. The van der Waals surface area contributed by atoms with Crippen LogP contribution in [0.25, 0.3) is 0 Å². The van der Waals surface area contributed by atoms with Crippen LogP contribution in [0.4, 0.5) is 0 Å². The molecule has 13 heavy (non-hydrogen) atoms. The van der Waals surface area contributed by atoms with Gasteiger partial charge in [0.15, 0.2) is 0 Å². The van der Waals surface area contributed by atoms with E-state index in [0.717, 1.165) is 6.54 Å². The molecule has 1 rings (SSSR count). The minimum absolute atomic E-state index is 0.0937. The first-order valence-corrected chi connectivity index (χ1v) is 4.89. The molecule has 0 aliphatic rings. The topological polar surface area (TPSA) is 3.24 Å². The second kappa shape index (κ2) is 4.64. The van der Waals surface area contributed by atoms with Gasteiger partial charge in [-0.3, -0.25) is 0 Å². The van der Waals surface area contributed by atoms with Crippen molar-refractivity contribution in [2.75, 3.05) is 20.6 Å². The van der Waals surface area contributed by atoms with Crippen molar-refractivity contribution in [1.82, 2.24) is 4.90 Å². The average Bonchev–Trinajstić information content (AvgIpc) is 2.03. The summed E-state index contributed by atoms with van der Waals surface area (Å²) in [6.07, 6.45) is 0. The molecule has 0 N–H and O–H groups in total. The fourth-order valence-corrected chi connectivity index (χ4v) is 1.88. The molecule has 0 unspecified atom stereocenters. The Labute approximate surface area is 85.3 Å². The fraction of sp³-hybridized carbons (Fsp3) is 0.455. The van der Waals surface area contributed by atoms with Crippen LogP contribution in [0.5, 0.6) is 0 Å². The van der Waals surface area contributed by atoms with Gasteiger partial charge in [0.05, 0.1) is 5.38 Å². The second-order valence-corrected chi connectivity index (χ2v) is 4.11. The molecule has 1 aromatic carbocycles. The molecule has 0 bridgehead atoms. The first kappa shape index (κ1) is 10.6. The number of halogens is 1. The van der Waals surface area contributed by atoms with E-state index in [4.69, 9.17) is 11.6 Å². The van der Waals surface area contributed by atoms with E-state index >= 15 is 0 Å². The van der Waals surface area contributed by atoms with Crippen molar-refractivity contribution >= 4 is 11.6 Å². The number of nitrogens with zero attached hydrogens (tertiary/aromatic N) is 1. The van der Waals surface area contributed by atoms with Crippen LogP contribution in [-0.4, -0.2) is 25.5 Å². The second-order valence-electron chi connectivity index (χ2n) is 3.59. The van der Waals surface area contributed by atoms with Gasteiger partial charge in [0.25, 0.3) is 0 Å². The first-order chi connectivity index (χ1) is 6.11. The molecule has 0 fully saturated rings. The zero-order valence-corrected chi connectivity index (χ0v) is 9.17. The van der Waals surface area contributed by atoms with Crippen molar-refractivity contribution in [2.24, 2.45) is 0 Å². The number of benzene rings is 1. The van der Waals surface area contributed by atoms with Gasteiger partial charge in [0.1, 0.15) is 0 Å². The maximum atomic E-state index is 6.26. The van der Waals surface area contributed by atoms with E-state index in [2.05, 4.69) is 24.0 Å². The number of likely N-dealkylation sites (N-methyl/N-ethyl adjacent to an activating group) is 1. The summed E-state index contributed by atoms with van der Waals surface area (Å²) in [5.74, 6) is 0. The molecule has 0 aliphatic carbocycles. The lowest BCUT2D eigenvalue weighted by molar-refractivity contribution is 0.407. The predicted molar refractivity (Wildman–Crippen MR) is 58.3 cm³/mol. The molecule has 1 nitrogen and oxygen atoms in total. The van der Waals surface area contributed by atoms with E-state index in [9.17, 15) is 0 Å². The van der Waals surface area contributed by atoms with Crippen LogP contribution in [0.3, 0.4) is 0 Å². The normalized spacial score (nSPS) is 13.3. The molecule has 72 valence electrons. The van der Waals surface area contributed by atoms with Crippen LogP contribution in [0, 0.1) is 6.92 Å². The summed E-state index contributed by atoms with van der Waals surface area (Å²) < 4.78 is 0. The zero-order valence-electron chi connectivity index (χ0n) is 8.42. The maximum absolute atomic E-state index is 6.26. The number of alkyl halides is 1.